The number of hydrogen-bond donors (Lipinski definition) is 0. The van der Waals surface area contributed by atoms with Crippen LogP contribution in [0.4, 0.5) is 22.7 Å². The fourth-order valence-electron chi connectivity index (χ4n) is 1.99. The number of ether oxygens (including phenoxy) is 1. The number of hydrogen-bond acceptors (Lipinski definition) is 12. The number of nitro benzene ring substituents is 4. The van der Waals surface area contributed by atoms with Crippen LogP contribution in [0.5, 0.6) is 5.75 Å². The van der Waals surface area contributed by atoms with Crippen molar-refractivity contribution >= 4 is 39.7 Å². The van der Waals surface area contributed by atoms with Gasteiger partial charge in [0.25, 0.3) is 22.3 Å². The zero-order valence-corrected chi connectivity index (χ0v) is 15.0. The van der Waals surface area contributed by atoms with E-state index in [0.29, 0.717) is 23.9 Å². The van der Waals surface area contributed by atoms with Gasteiger partial charge in [-0.3, -0.25) is 40.5 Å². The van der Waals surface area contributed by atoms with Crippen LogP contribution in [-0.4, -0.2) is 24.9 Å². The highest BCUT2D eigenvalue weighted by molar-refractivity contribution is 8.13. The van der Waals surface area contributed by atoms with Gasteiger partial charge in [-0.2, -0.15) is 5.26 Å². The molecule has 0 bridgehead atoms. The highest BCUT2D eigenvalue weighted by Gasteiger charge is 2.25. The van der Waals surface area contributed by atoms with Gasteiger partial charge >= 0.3 is 5.69 Å². The number of non-ortho nitro benzene ring substituents is 2. The van der Waals surface area contributed by atoms with Gasteiger partial charge in [-0.25, -0.2) is 0 Å². The minimum absolute atomic E-state index is 0.204. The van der Waals surface area contributed by atoms with Gasteiger partial charge < -0.3 is 4.74 Å². The Bertz CT molecular complexity index is 1060. The molecule has 0 atom stereocenters. The van der Waals surface area contributed by atoms with Crippen LogP contribution < -0.4 is 4.74 Å². The van der Waals surface area contributed by atoms with Gasteiger partial charge in [-0.15, -0.1) is 4.99 Å². The number of benzene rings is 2. The number of nitriles is 1. The van der Waals surface area contributed by atoms with Gasteiger partial charge in [0.1, 0.15) is 0 Å². The van der Waals surface area contributed by atoms with E-state index in [1.807, 2.05) is 0 Å². The van der Waals surface area contributed by atoms with Crippen LogP contribution in [0.1, 0.15) is 0 Å². The van der Waals surface area contributed by atoms with E-state index in [4.69, 9.17) is 10.00 Å². The Hall–Kier alpha value is -4.65. The molecule has 16 heteroatoms. The molecule has 2 aromatic carbocycles. The summed E-state index contributed by atoms with van der Waals surface area (Å²) in [6.45, 7) is 0. The lowest BCUT2D eigenvalue weighted by atomic mass is 10.2. The van der Waals surface area contributed by atoms with Crippen LogP contribution in [0.3, 0.4) is 0 Å². The molecule has 0 N–H and O–H groups in total. The minimum atomic E-state index is -0.967. The number of nitro groups is 4. The molecule has 0 amide bonds. The van der Waals surface area contributed by atoms with E-state index < -0.39 is 53.4 Å². The molecule has 0 spiro atoms. The van der Waals surface area contributed by atoms with Crippen molar-refractivity contribution in [1.82, 2.24) is 0 Å². The van der Waals surface area contributed by atoms with Crippen LogP contribution in [0.25, 0.3) is 0 Å². The lowest BCUT2D eigenvalue weighted by Gasteiger charge is -2.08. The predicted molar refractivity (Wildman–Crippen MR) is 99.0 cm³/mol. The Morgan fingerprint density at radius 2 is 1.40 bits per heavy atom. The summed E-state index contributed by atoms with van der Waals surface area (Å²) < 4.78 is 5.17. The fourth-order valence-corrected chi connectivity index (χ4v) is 2.77. The van der Waals surface area contributed by atoms with Gasteiger partial charge in [0.2, 0.25) is 11.9 Å². The first kappa shape index (κ1) is 21.6. The van der Waals surface area contributed by atoms with Gasteiger partial charge in [-0.1, -0.05) is 0 Å². The van der Waals surface area contributed by atoms with Gasteiger partial charge in [0.15, 0.2) is 0 Å². The van der Waals surface area contributed by atoms with Gasteiger partial charge in [0, 0.05) is 12.1 Å². The van der Waals surface area contributed by atoms with Gasteiger partial charge in [0.05, 0.1) is 36.7 Å². The molecule has 152 valence electrons. The van der Waals surface area contributed by atoms with Crippen molar-refractivity contribution < 1.29 is 24.4 Å². The SMILES string of the molecule is N#CN=C(Oc1ccc([N+](=O)[O-])cc1[N+](=O)[O-])Sc1ccc([N+](=O)[O-])cc1[N+](=O)[O-]. The first-order valence-electron chi connectivity index (χ1n) is 7.32. The molecule has 0 aliphatic heterocycles. The minimum Gasteiger partial charge on any atom is -0.426 e. The molecule has 0 unspecified atom stereocenters. The van der Waals surface area contributed by atoms with Crippen molar-refractivity contribution in [2.75, 3.05) is 0 Å². The first-order valence-corrected chi connectivity index (χ1v) is 8.13. The third-order valence-electron chi connectivity index (χ3n) is 3.24. The first-order chi connectivity index (χ1) is 14.1. The third kappa shape index (κ3) is 4.99. The maximum atomic E-state index is 11.2. The third-order valence-corrected chi connectivity index (χ3v) is 4.15. The molecule has 2 aromatic rings. The Morgan fingerprint density at radius 1 is 0.867 bits per heavy atom. The van der Waals surface area contributed by atoms with Crippen LogP contribution in [0.2, 0.25) is 0 Å². The van der Waals surface area contributed by atoms with E-state index >= 15 is 0 Å². The Labute approximate surface area is 168 Å². The molecule has 0 radical (unpaired) electrons. The Kier molecular flexibility index (Phi) is 6.51. The zero-order chi connectivity index (χ0) is 22.4. The number of thioether (sulfide) groups is 1. The summed E-state index contributed by atoms with van der Waals surface area (Å²) in [6, 6.07) is 5.09. The van der Waals surface area contributed by atoms with E-state index in [1.54, 1.807) is 0 Å². The lowest BCUT2D eigenvalue weighted by Crippen LogP contribution is -2.07. The normalized spacial score (nSPS) is 10.7. The van der Waals surface area contributed by atoms with Crippen molar-refractivity contribution in [1.29, 1.82) is 5.26 Å². The Balaban J connectivity index is 2.44. The summed E-state index contributed by atoms with van der Waals surface area (Å²) in [5.74, 6) is -0.517. The van der Waals surface area contributed by atoms with Crippen molar-refractivity contribution in [2.24, 2.45) is 4.99 Å². The summed E-state index contributed by atoms with van der Waals surface area (Å²) in [4.78, 5) is 43.5. The largest absolute Gasteiger partial charge is 0.426 e. The molecule has 0 fully saturated rings. The maximum Gasteiger partial charge on any atom is 0.318 e. The molecule has 0 saturated heterocycles. The summed E-state index contributed by atoms with van der Waals surface area (Å²) in [5, 5.41) is 52.2. The highest BCUT2D eigenvalue weighted by Crippen LogP contribution is 2.36. The second-order valence-electron chi connectivity index (χ2n) is 5.01. The second kappa shape index (κ2) is 9.03. The Morgan fingerprint density at radius 3 is 1.90 bits per heavy atom. The molecular weight excluding hydrogens is 428 g/mol. The van der Waals surface area contributed by atoms with Crippen molar-refractivity contribution in [2.45, 2.75) is 4.90 Å². The molecule has 15 nitrogen and oxygen atoms in total. The summed E-state index contributed by atoms with van der Waals surface area (Å²) in [5.41, 5.74) is -2.65. The van der Waals surface area contributed by atoms with Gasteiger partial charge in [-0.05, 0) is 23.9 Å². The molecule has 0 aromatic heterocycles. The lowest BCUT2D eigenvalue weighted by molar-refractivity contribution is -0.396. The van der Waals surface area contributed by atoms with Crippen LogP contribution >= 0.6 is 11.8 Å². The quantitative estimate of drug-likeness (QED) is 0.160. The molecule has 30 heavy (non-hydrogen) atoms. The smallest absolute Gasteiger partial charge is 0.318 e. The zero-order valence-electron chi connectivity index (χ0n) is 14.2. The molecule has 2 rings (SSSR count). The average molecular weight is 434 g/mol. The summed E-state index contributed by atoms with van der Waals surface area (Å²) in [6.07, 6.45) is 1.35. The van der Waals surface area contributed by atoms with E-state index in [-0.39, 0.29) is 4.90 Å². The monoisotopic (exact) mass is 434 g/mol. The fraction of sp³-hybridized carbons (Fsp3) is 0. The van der Waals surface area contributed by atoms with E-state index in [2.05, 4.69) is 4.99 Å². The van der Waals surface area contributed by atoms with Crippen molar-refractivity contribution in [3.05, 3.63) is 76.9 Å². The predicted octanol–water partition coefficient (Wildman–Crippen LogP) is 3.33. The van der Waals surface area contributed by atoms with E-state index in [1.165, 1.54) is 6.19 Å². The second-order valence-corrected chi connectivity index (χ2v) is 6.01. The van der Waals surface area contributed by atoms with Crippen molar-refractivity contribution in [3.63, 3.8) is 0 Å². The van der Waals surface area contributed by atoms with Crippen molar-refractivity contribution in [3.8, 4) is 11.9 Å². The van der Waals surface area contributed by atoms with Crippen LogP contribution in [0.15, 0.2) is 46.3 Å². The standard InChI is InChI=1S/C14H6N6O9S/c15-7-16-14(29-12-3-1-8(17(21)22)5-10(12)19(25)26)30-13-4-2-9(18(23)24)6-11(13)20(27)28/h1-6H. The summed E-state index contributed by atoms with van der Waals surface area (Å²) in [7, 11) is 0. The van der Waals surface area contributed by atoms with E-state index in [0.717, 1.165) is 24.3 Å². The molecule has 0 heterocycles. The molecule has 0 aliphatic rings. The summed E-state index contributed by atoms with van der Waals surface area (Å²) >= 11 is 0.399. The topological polar surface area (TPSA) is 218 Å². The highest BCUT2D eigenvalue weighted by atomic mass is 32.2. The number of rotatable bonds is 6. The van der Waals surface area contributed by atoms with E-state index in [9.17, 15) is 40.5 Å². The number of aliphatic imine (C=N–C) groups is 1. The molecule has 0 aliphatic carbocycles. The maximum absolute atomic E-state index is 11.2. The molecule has 0 saturated carbocycles. The number of nitrogens with zero attached hydrogens (tertiary/aromatic N) is 6. The van der Waals surface area contributed by atoms with Crippen LogP contribution in [-0.2, 0) is 0 Å². The van der Waals surface area contributed by atoms with Crippen LogP contribution in [0, 0.1) is 51.9 Å². The average Bonchev–Trinajstić information content (AvgIpc) is 2.68. The molecular formula is C14H6N6O9S.